The fourth-order valence-corrected chi connectivity index (χ4v) is 6.13. The molecule has 10 nitrogen and oxygen atoms in total. The quantitative estimate of drug-likeness (QED) is 0.432. The summed E-state index contributed by atoms with van der Waals surface area (Å²) >= 11 is 0. The maximum absolute atomic E-state index is 14.0. The van der Waals surface area contributed by atoms with Gasteiger partial charge in [-0.1, -0.05) is 18.2 Å². The van der Waals surface area contributed by atoms with E-state index in [0.29, 0.717) is 44.3 Å². The summed E-state index contributed by atoms with van der Waals surface area (Å²) in [5, 5.41) is 3.35. The van der Waals surface area contributed by atoms with Crippen molar-refractivity contribution in [3.05, 3.63) is 64.8 Å². The van der Waals surface area contributed by atoms with Gasteiger partial charge in [0.15, 0.2) is 0 Å². The van der Waals surface area contributed by atoms with Crippen LogP contribution < -0.4 is 20.0 Å². The summed E-state index contributed by atoms with van der Waals surface area (Å²) in [6, 6.07) is 12.0. The van der Waals surface area contributed by atoms with Crippen LogP contribution in [-0.2, 0) is 16.1 Å². The molecule has 4 bridgehead atoms. The van der Waals surface area contributed by atoms with Crippen molar-refractivity contribution in [2.24, 2.45) is 0 Å². The second kappa shape index (κ2) is 11.6. The number of ether oxygens (including phenoxy) is 1. The van der Waals surface area contributed by atoms with Crippen LogP contribution in [0.3, 0.4) is 0 Å². The molecule has 3 aromatic rings. The molecular weight excluding hydrogens is 530 g/mol. The SMILES string of the molecule is Cc1cccc(C)c1N1Cc2cnc3nc2N(CCCCOC(=O)C(C)c2cc(ccc2N2CCN(C)CC2)N3)C1=O. The first-order valence-corrected chi connectivity index (χ1v) is 14.8. The maximum atomic E-state index is 14.0. The number of cyclic esters (lactones) is 1. The molecule has 2 amide bonds. The van der Waals surface area contributed by atoms with Crippen molar-refractivity contribution < 1.29 is 14.3 Å². The number of para-hydroxylation sites is 1. The van der Waals surface area contributed by atoms with Gasteiger partial charge in [-0.2, -0.15) is 4.98 Å². The number of urea groups is 1. The molecule has 10 heteroatoms. The number of hydrogen-bond acceptors (Lipinski definition) is 8. The van der Waals surface area contributed by atoms with E-state index in [0.717, 1.165) is 65.5 Å². The van der Waals surface area contributed by atoms with E-state index in [1.807, 2.05) is 62.2 Å². The molecule has 2 aromatic carbocycles. The predicted molar refractivity (Wildman–Crippen MR) is 165 cm³/mol. The zero-order valence-corrected chi connectivity index (χ0v) is 24.9. The van der Waals surface area contributed by atoms with Crippen molar-refractivity contribution in [3.63, 3.8) is 0 Å². The number of anilines is 5. The van der Waals surface area contributed by atoms with Gasteiger partial charge in [0.25, 0.3) is 0 Å². The lowest BCUT2D eigenvalue weighted by Crippen LogP contribution is -2.49. The summed E-state index contributed by atoms with van der Waals surface area (Å²) < 4.78 is 5.76. The summed E-state index contributed by atoms with van der Waals surface area (Å²) in [6.07, 6.45) is 3.13. The largest absolute Gasteiger partial charge is 0.465 e. The molecule has 0 spiro atoms. The van der Waals surface area contributed by atoms with E-state index < -0.39 is 5.92 Å². The number of aromatic nitrogens is 2. The lowest BCUT2D eigenvalue weighted by molar-refractivity contribution is -0.145. The second-order valence-corrected chi connectivity index (χ2v) is 11.6. The molecule has 3 aliphatic rings. The van der Waals surface area contributed by atoms with Gasteiger partial charge in [-0.15, -0.1) is 0 Å². The first-order valence-electron chi connectivity index (χ1n) is 14.8. The normalized spacial score (nSPS) is 20.0. The molecule has 6 rings (SSSR count). The van der Waals surface area contributed by atoms with Crippen LogP contribution >= 0.6 is 0 Å². The van der Waals surface area contributed by atoms with E-state index in [4.69, 9.17) is 9.72 Å². The van der Waals surface area contributed by atoms with Gasteiger partial charge in [-0.3, -0.25) is 14.6 Å². The molecule has 0 saturated carbocycles. The molecule has 1 unspecified atom stereocenters. The Kier molecular flexibility index (Phi) is 7.72. The van der Waals surface area contributed by atoms with E-state index >= 15 is 0 Å². The molecule has 42 heavy (non-hydrogen) atoms. The number of carbonyl (C=O) groups is 2. The molecule has 0 radical (unpaired) electrons. The highest BCUT2D eigenvalue weighted by molar-refractivity contribution is 6.06. The first kappa shape index (κ1) is 28.0. The molecule has 1 atom stereocenters. The highest BCUT2D eigenvalue weighted by atomic mass is 16.5. The van der Waals surface area contributed by atoms with Crippen LogP contribution in [0.2, 0.25) is 0 Å². The van der Waals surface area contributed by atoms with Crippen molar-refractivity contribution in [1.82, 2.24) is 14.9 Å². The number of rotatable bonds is 2. The van der Waals surface area contributed by atoms with Crippen molar-refractivity contribution in [2.75, 3.05) is 66.4 Å². The number of hydrogen-bond donors (Lipinski definition) is 1. The topological polar surface area (TPSA) is 94.1 Å². The summed E-state index contributed by atoms with van der Waals surface area (Å²) in [4.78, 5) is 44.9. The molecule has 0 aliphatic carbocycles. The number of fused-ring (bicyclic) bond motifs is 3. The van der Waals surface area contributed by atoms with Crippen molar-refractivity contribution >= 4 is 40.8 Å². The summed E-state index contributed by atoms with van der Waals surface area (Å²) in [7, 11) is 2.13. The van der Waals surface area contributed by atoms with E-state index in [-0.39, 0.29) is 12.0 Å². The first-order chi connectivity index (χ1) is 20.3. The van der Waals surface area contributed by atoms with Crippen LogP contribution in [0.15, 0.2) is 42.6 Å². The number of benzene rings is 2. The Hall–Kier alpha value is -4.18. The van der Waals surface area contributed by atoms with Crippen molar-refractivity contribution in [3.8, 4) is 0 Å². The Morgan fingerprint density at radius 2 is 1.71 bits per heavy atom. The molecule has 1 N–H and O–H groups in total. The molecule has 3 aliphatic heterocycles. The number of nitrogens with one attached hydrogen (secondary N) is 1. The Bertz CT molecular complexity index is 1480. The fourth-order valence-electron chi connectivity index (χ4n) is 6.13. The van der Waals surface area contributed by atoms with Gasteiger partial charge in [0, 0.05) is 55.9 Å². The summed E-state index contributed by atoms with van der Waals surface area (Å²) in [5.74, 6) is 0.355. The number of aryl methyl sites for hydroxylation is 2. The Morgan fingerprint density at radius 1 is 0.952 bits per heavy atom. The number of esters is 1. The maximum Gasteiger partial charge on any atom is 0.330 e. The van der Waals surface area contributed by atoms with Crippen LogP contribution in [0.5, 0.6) is 0 Å². The van der Waals surface area contributed by atoms with Gasteiger partial charge in [-0.25, -0.2) is 9.78 Å². The van der Waals surface area contributed by atoms with Gasteiger partial charge in [0.2, 0.25) is 5.95 Å². The van der Waals surface area contributed by atoms with E-state index in [9.17, 15) is 9.59 Å². The third-order valence-electron chi connectivity index (χ3n) is 8.57. The molecule has 220 valence electrons. The Labute approximate surface area is 247 Å². The van der Waals surface area contributed by atoms with Gasteiger partial charge in [0.1, 0.15) is 5.82 Å². The second-order valence-electron chi connectivity index (χ2n) is 11.6. The minimum Gasteiger partial charge on any atom is -0.465 e. The van der Waals surface area contributed by atoms with E-state index in [1.165, 1.54) is 0 Å². The summed E-state index contributed by atoms with van der Waals surface area (Å²) in [6.45, 7) is 10.9. The number of amides is 2. The smallest absolute Gasteiger partial charge is 0.330 e. The third-order valence-corrected chi connectivity index (χ3v) is 8.57. The van der Waals surface area contributed by atoms with Crippen LogP contribution in [0.25, 0.3) is 0 Å². The molecule has 1 aromatic heterocycles. The third kappa shape index (κ3) is 5.38. The zero-order valence-electron chi connectivity index (χ0n) is 24.9. The highest BCUT2D eigenvalue weighted by Crippen LogP contribution is 2.36. The number of likely N-dealkylation sites (N-methyl/N-ethyl adjacent to an activating group) is 1. The Morgan fingerprint density at radius 3 is 2.48 bits per heavy atom. The van der Waals surface area contributed by atoms with Gasteiger partial charge in [-0.05, 0) is 75.5 Å². The number of piperazine rings is 1. The lowest BCUT2D eigenvalue weighted by atomic mass is 9.97. The molecule has 4 heterocycles. The van der Waals surface area contributed by atoms with Gasteiger partial charge in [0.05, 0.1) is 24.8 Å². The van der Waals surface area contributed by atoms with Crippen LogP contribution in [0.4, 0.5) is 33.6 Å². The lowest BCUT2D eigenvalue weighted by Gasteiger charge is -2.37. The number of nitrogens with zero attached hydrogens (tertiary/aromatic N) is 6. The molecule has 1 fully saturated rings. The average Bonchev–Trinajstić information content (AvgIpc) is 2.98. The predicted octanol–water partition coefficient (Wildman–Crippen LogP) is 4.98. The molecule has 1 saturated heterocycles. The van der Waals surface area contributed by atoms with E-state index in [1.54, 1.807) is 4.90 Å². The van der Waals surface area contributed by atoms with Crippen LogP contribution in [0.1, 0.15) is 47.9 Å². The van der Waals surface area contributed by atoms with E-state index in [2.05, 4.69) is 33.2 Å². The minimum absolute atomic E-state index is 0.113. The highest BCUT2D eigenvalue weighted by Gasteiger charge is 2.34. The molecular formula is C32H39N7O3. The standard InChI is InChI=1S/C32H39N7O3/c1-21-8-7-9-22(2)28(21)39-20-24-19-33-31-34-25-10-11-27(37-15-13-36(4)14-16-37)26(18-25)23(3)30(40)42-17-6-5-12-38(32(39)41)29(24)35-31/h7-11,18-19,23H,5-6,12-17,20H2,1-4H3,(H,33,34,35). The Balaban J connectivity index is 1.37. The van der Waals surface area contributed by atoms with Crippen LogP contribution in [0, 0.1) is 13.8 Å². The average molecular weight is 570 g/mol. The van der Waals surface area contributed by atoms with Gasteiger partial charge >= 0.3 is 12.0 Å². The monoisotopic (exact) mass is 569 g/mol. The van der Waals surface area contributed by atoms with Crippen molar-refractivity contribution in [1.29, 1.82) is 0 Å². The fraction of sp³-hybridized carbons (Fsp3) is 0.438. The number of carbonyl (C=O) groups excluding carboxylic acids is 2. The minimum atomic E-state index is -0.434. The van der Waals surface area contributed by atoms with Crippen LogP contribution in [-0.4, -0.2) is 73.2 Å². The zero-order chi connectivity index (χ0) is 29.4. The van der Waals surface area contributed by atoms with Crippen molar-refractivity contribution in [2.45, 2.75) is 46.1 Å². The summed E-state index contributed by atoms with van der Waals surface area (Å²) in [5.41, 5.74) is 6.64. The van der Waals surface area contributed by atoms with Gasteiger partial charge < -0.3 is 19.9 Å².